The number of hydrogen-bond donors (Lipinski definition) is 3. The summed E-state index contributed by atoms with van der Waals surface area (Å²) in [6, 6.07) is 2.34. The zero-order valence-electron chi connectivity index (χ0n) is 6.42. The van der Waals surface area contributed by atoms with Crippen molar-refractivity contribution in [3.05, 3.63) is 23.5 Å². The van der Waals surface area contributed by atoms with E-state index in [-0.39, 0.29) is 24.3 Å². The third kappa shape index (κ3) is 1.48. The second kappa shape index (κ2) is 3.40. The summed E-state index contributed by atoms with van der Waals surface area (Å²) < 4.78 is 13.0. The minimum Gasteiger partial charge on any atom is -0.508 e. The summed E-state index contributed by atoms with van der Waals surface area (Å²) in [7, 11) is 0. The molecule has 0 fully saturated rings. The van der Waals surface area contributed by atoms with Crippen molar-refractivity contribution in [2.45, 2.75) is 6.42 Å². The quantitative estimate of drug-likeness (QED) is 0.575. The Balaban J connectivity index is 3.14. The minimum atomic E-state index is -0.791. The molecule has 0 spiro atoms. The van der Waals surface area contributed by atoms with Gasteiger partial charge in [0.15, 0.2) is 11.6 Å². The van der Waals surface area contributed by atoms with E-state index in [0.717, 1.165) is 6.07 Å². The van der Waals surface area contributed by atoms with Crippen LogP contribution in [0.4, 0.5) is 4.39 Å². The lowest BCUT2D eigenvalue weighted by atomic mass is 10.1. The Labute approximate surface area is 69.3 Å². The van der Waals surface area contributed by atoms with Crippen molar-refractivity contribution in [2.24, 2.45) is 5.73 Å². The van der Waals surface area contributed by atoms with E-state index in [1.165, 1.54) is 6.07 Å². The van der Waals surface area contributed by atoms with Crippen molar-refractivity contribution in [1.82, 2.24) is 0 Å². The molecule has 0 atom stereocenters. The molecule has 3 nitrogen and oxygen atoms in total. The van der Waals surface area contributed by atoms with Crippen molar-refractivity contribution < 1.29 is 14.6 Å². The number of benzene rings is 1. The Hall–Kier alpha value is -1.29. The van der Waals surface area contributed by atoms with Crippen LogP contribution in [0.15, 0.2) is 12.1 Å². The fourth-order valence-electron chi connectivity index (χ4n) is 0.981. The normalized spacial score (nSPS) is 10.2. The van der Waals surface area contributed by atoms with E-state index in [1.807, 2.05) is 0 Å². The largest absolute Gasteiger partial charge is 0.508 e. The van der Waals surface area contributed by atoms with Gasteiger partial charge >= 0.3 is 0 Å². The number of phenolic OH excluding ortho intramolecular Hbond substituents is 2. The summed E-state index contributed by atoms with van der Waals surface area (Å²) in [5.41, 5.74) is 5.26. The zero-order chi connectivity index (χ0) is 9.14. The van der Waals surface area contributed by atoms with E-state index < -0.39 is 11.6 Å². The molecular formula is C8H10FNO2. The van der Waals surface area contributed by atoms with Crippen molar-refractivity contribution in [2.75, 3.05) is 6.54 Å². The second-order valence-electron chi connectivity index (χ2n) is 2.44. The van der Waals surface area contributed by atoms with Crippen LogP contribution in [-0.4, -0.2) is 16.8 Å². The highest BCUT2D eigenvalue weighted by Crippen LogP contribution is 2.27. The van der Waals surface area contributed by atoms with Gasteiger partial charge in [0.25, 0.3) is 0 Å². The van der Waals surface area contributed by atoms with Crippen molar-refractivity contribution in [1.29, 1.82) is 0 Å². The molecule has 0 aliphatic heterocycles. The SMILES string of the molecule is NCCc1c(O)ccc(O)c1F. The van der Waals surface area contributed by atoms with Crippen LogP contribution in [0.3, 0.4) is 0 Å². The Bertz CT molecular complexity index is 289. The van der Waals surface area contributed by atoms with Gasteiger partial charge in [-0.1, -0.05) is 0 Å². The molecule has 1 aromatic carbocycles. The maximum absolute atomic E-state index is 13.0. The Morgan fingerprint density at radius 2 is 1.83 bits per heavy atom. The van der Waals surface area contributed by atoms with Crippen LogP contribution < -0.4 is 5.73 Å². The number of hydrogen-bond acceptors (Lipinski definition) is 3. The highest BCUT2D eigenvalue weighted by atomic mass is 19.1. The van der Waals surface area contributed by atoms with Crippen molar-refractivity contribution in [3.63, 3.8) is 0 Å². The van der Waals surface area contributed by atoms with Gasteiger partial charge in [-0.05, 0) is 25.1 Å². The van der Waals surface area contributed by atoms with Gasteiger partial charge in [-0.15, -0.1) is 0 Å². The van der Waals surface area contributed by atoms with Gasteiger partial charge in [0.05, 0.1) is 0 Å². The van der Waals surface area contributed by atoms with E-state index in [4.69, 9.17) is 15.9 Å². The lowest BCUT2D eigenvalue weighted by Gasteiger charge is -2.05. The predicted octanol–water partition coefficient (Wildman–Crippen LogP) is 0.738. The molecule has 0 unspecified atom stereocenters. The number of phenols is 2. The van der Waals surface area contributed by atoms with Crippen LogP contribution in [0.1, 0.15) is 5.56 Å². The number of halogens is 1. The smallest absolute Gasteiger partial charge is 0.171 e. The summed E-state index contributed by atoms with van der Waals surface area (Å²) in [6.07, 6.45) is 0.214. The molecule has 1 aromatic rings. The molecule has 4 N–H and O–H groups in total. The molecule has 0 aromatic heterocycles. The fraction of sp³-hybridized carbons (Fsp3) is 0.250. The molecular weight excluding hydrogens is 161 g/mol. The van der Waals surface area contributed by atoms with Gasteiger partial charge in [0.2, 0.25) is 0 Å². The average Bonchev–Trinajstić information content (AvgIpc) is 2.06. The topological polar surface area (TPSA) is 66.5 Å². The molecule has 0 amide bonds. The van der Waals surface area contributed by atoms with E-state index in [9.17, 15) is 4.39 Å². The van der Waals surface area contributed by atoms with Crippen LogP contribution in [0, 0.1) is 5.82 Å². The molecule has 0 aliphatic carbocycles. The monoisotopic (exact) mass is 171 g/mol. The van der Waals surface area contributed by atoms with Crippen LogP contribution in [0.2, 0.25) is 0 Å². The molecule has 0 aliphatic rings. The molecule has 4 heteroatoms. The maximum Gasteiger partial charge on any atom is 0.171 e. The van der Waals surface area contributed by atoms with E-state index >= 15 is 0 Å². The van der Waals surface area contributed by atoms with E-state index in [1.54, 1.807) is 0 Å². The van der Waals surface area contributed by atoms with Gasteiger partial charge in [0, 0.05) is 5.56 Å². The van der Waals surface area contributed by atoms with Crippen molar-refractivity contribution in [3.8, 4) is 11.5 Å². The summed E-state index contributed by atoms with van der Waals surface area (Å²) >= 11 is 0. The third-order valence-corrected chi connectivity index (χ3v) is 1.59. The summed E-state index contributed by atoms with van der Waals surface area (Å²) in [6.45, 7) is 0.230. The van der Waals surface area contributed by atoms with Crippen molar-refractivity contribution >= 4 is 0 Å². The summed E-state index contributed by atoms with van der Waals surface area (Å²) in [5.74, 6) is -1.42. The van der Waals surface area contributed by atoms with Crippen LogP contribution in [-0.2, 0) is 6.42 Å². The number of rotatable bonds is 2. The first-order valence-electron chi connectivity index (χ1n) is 3.56. The van der Waals surface area contributed by atoms with Crippen LogP contribution in [0.25, 0.3) is 0 Å². The standard InChI is InChI=1S/C8H10FNO2/c9-8-5(3-4-10)6(11)1-2-7(8)12/h1-2,11-12H,3-4,10H2. The maximum atomic E-state index is 13.0. The molecule has 0 radical (unpaired) electrons. The van der Waals surface area contributed by atoms with Crippen LogP contribution in [0.5, 0.6) is 11.5 Å². The summed E-state index contributed by atoms with van der Waals surface area (Å²) in [4.78, 5) is 0. The first-order valence-corrected chi connectivity index (χ1v) is 3.56. The van der Waals surface area contributed by atoms with Crippen LogP contribution >= 0.6 is 0 Å². The molecule has 0 saturated heterocycles. The zero-order valence-corrected chi connectivity index (χ0v) is 6.42. The van der Waals surface area contributed by atoms with E-state index in [0.29, 0.717) is 0 Å². The minimum absolute atomic E-state index is 0.0671. The molecule has 0 bridgehead atoms. The lowest BCUT2D eigenvalue weighted by Crippen LogP contribution is -2.04. The molecule has 66 valence electrons. The predicted molar refractivity (Wildman–Crippen MR) is 42.5 cm³/mol. The van der Waals surface area contributed by atoms with Gasteiger partial charge in [0.1, 0.15) is 5.75 Å². The number of aromatic hydroxyl groups is 2. The first-order chi connectivity index (χ1) is 5.66. The highest BCUT2D eigenvalue weighted by Gasteiger charge is 2.10. The first kappa shape index (κ1) is 8.80. The fourth-order valence-corrected chi connectivity index (χ4v) is 0.981. The third-order valence-electron chi connectivity index (χ3n) is 1.59. The average molecular weight is 171 g/mol. The second-order valence-corrected chi connectivity index (χ2v) is 2.44. The van der Waals surface area contributed by atoms with E-state index in [2.05, 4.69) is 0 Å². The molecule has 12 heavy (non-hydrogen) atoms. The molecule has 0 heterocycles. The molecule has 0 saturated carbocycles. The highest BCUT2D eigenvalue weighted by molar-refractivity contribution is 5.40. The summed E-state index contributed by atoms with van der Waals surface area (Å²) in [5, 5.41) is 18.1. The Morgan fingerprint density at radius 1 is 1.25 bits per heavy atom. The van der Waals surface area contributed by atoms with Gasteiger partial charge in [-0.3, -0.25) is 0 Å². The lowest BCUT2D eigenvalue weighted by molar-refractivity contribution is 0.413. The van der Waals surface area contributed by atoms with Gasteiger partial charge < -0.3 is 15.9 Å². The Morgan fingerprint density at radius 3 is 2.42 bits per heavy atom. The number of nitrogens with two attached hydrogens (primary N) is 1. The van der Waals surface area contributed by atoms with Gasteiger partial charge in [-0.2, -0.15) is 0 Å². The Kier molecular flexibility index (Phi) is 2.50. The van der Waals surface area contributed by atoms with Gasteiger partial charge in [-0.25, -0.2) is 4.39 Å². The molecule has 1 rings (SSSR count).